The third-order valence-corrected chi connectivity index (χ3v) is 10.7. The fourth-order valence-corrected chi connectivity index (χ4v) is 8.76. The highest BCUT2D eigenvalue weighted by Gasteiger charge is 2.59. The number of carbonyl (C=O) groups is 1. The van der Waals surface area contributed by atoms with E-state index in [0.29, 0.717) is 23.9 Å². The van der Waals surface area contributed by atoms with Crippen LogP contribution in [-0.2, 0) is 9.53 Å². The average Bonchev–Trinajstić information content (AvgIpc) is 3.10. The molecular weight excluding hydrogens is 472 g/mol. The number of rotatable bonds is 7. The van der Waals surface area contributed by atoms with E-state index in [1.54, 1.807) is 11.1 Å². The Kier molecular flexibility index (Phi) is 9.52. The maximum atomic E-state index is 11.8. The van der Waals surface area contributed by atoms with Gasteiger partial charge < -0.3 is 14.9 Å². The zero-order valence-corrected chi connectivity index (χ0v) is 25.8. The Morgan fingerprint density at radius 3 is 2.34 bits per heavy atom. The topological polar surface area (TPSA) is 66.8 Å². The van der Waals surface area contributed by atoms with E-state index < -0.39 is 5.97 Å². The second kappa shape index (κ2) is 11.6. The summed E-state index contributed by atoms with van der Waals surface area (Å²) < 4.78 is 6.44. The molecule has 4 unspecified atom stereocenters. The van der Waals surface area contributed by atoms with Crippen molar-refractivity contribution in [1.82, 2.24) is 0 Å². The molecule has 0 radical (unpaired) electrons. The number of hydrogen-bond acceptors (Lipinski definition) is 3. The van der Waals surface area contributed by atoms with Gasteiger partial charge in [-0.05, 0) is 122 Å². The molecule has 4 aliphatic rings. The van der Waals surface area contributed by atoms with Gasteiger partial charge in [0.2, 0.25) is 0 Å². The van der Waals surface area contributed by atoms with Crippen LogP contribution in [0.15, 0.2) is 34.9 Å². The van der Waals surface area contributed by atoms with Gasteiger partial charge in [-0.1, -0.05) is 59.8 Å². The van der Waals surface area contributed by atoms with Crippen LogP contribution in [0.25, 0.3) is 0 Å². The van der Waals surface area contributed by atoms with Gasteiger partial charge in [0, 0.05) is 6.92 Å². The van der Waals surface area contributed by atoms with E-state index in [9.17, 15) is 5.11 Å². The molecule has 0 amide bonds. The van der Waals surface area contributed by atoms with Crippen molar-refractivity contribution in [2.24, 2.45) is 34.0 Å². The predicted octanol–water partition coefficient (Wildman–Crippen LogP) is 8.50. The Balaban J connectivity index is 0.000000934. The van der Waals surface area contributed by atoms with Gasteiger partial charge in [-0.15, -0.1) is 0 Å². The van der Waals surface area contributed by atoms with Crippen LogP contribution in [0, 0.1) is 34.0 Å². The summed E-state index contributed by atoms with van der Waals surface area (Å²) in [7, 11) is 0. The van der Waals surface area contributed by atoms with Gasteiger partial charge in [0.15, 0.2) is 0 Å². The fraction of sp³-hybridized carbons (Fsp3) is 0.794. The van der Waals surface area contributed by atoms with Crippen LogP contribution in [0.2, 0.25) is 0 Å². The Hall–Kier alpha value is -1.39. The van der Waals surface area contributed by atoms with Crippen LogP contribution in [0.1, 0.15) is 120 Å². The molecule has 6 atom stereocenters. The molecule has 4 aliphatic carbocycles. The Morgan fingerprint density at radius 1 is 1.13 bits per heavy atom. The molecule has 0 aromatic heterocycles. The van der Waals surface area contributed by atoms with Crippen LogP contribution in [0.5, 0.6) is 0 Å². The second-order valence-electron chi connectivity index (χ2n) is 14.3. The summed E-state index contributed by atoms with van der Waals surface area (Å²) >= 11 is 0. The summed E-state index contributed by atoms with van der Waals surface area (Å²) in [6.07, 6.45) is 13.2. The molecule has 0 saturated heterocycles. The molecule has 1 fully saturated rings. The number of fused-ring (bicyclic) bond motifs is 4. The van der Waals surface area contributed by atoms with Crippen molar-refractivity contribution in [1.29, 1.82) is 0 Å². The second-order valence-corrected chi connectivity index (χ2v) is 14.3. The lowest BCUT2D eigenvalue weighted by molar-refractivity contribution is -0.142. The van der Waals surface area contributed by atoms with Gasteiger partial charge in [0.25, 0.3) is 5.97 Å². The van der Waals surface area contributed by atoms with E-state index >= 15 is 0 Å². The third-order valence-electron chi connectivity index (χ3n) is 10.7. The molecule has 216 valence electrons. The molecule has 1 saturated carbocycles. The molecule has 4 nitrogen and oxygen atoms in total. The molecule has 2 N–H and O–H groups in total. The summed E-state index contributed by atoms with van der Waals surface area (Å²) in [5, 5.41) is 19.2. The minimum Gasteiger partial charge on any atom is -0.481 e. The quantitative estimate of drug-likeness (QED) is 0.325. The highest BCUT2D eigenvalue weighted by molar-refractivity contribution is 5.63. The predicted molar refractivity (Wildman–Crippen MR) is 157 cm³/mol. The van der Waals surface area contributed by atoms with Crippen molar-refractivity contribution in [3.05, 3.63) is 34.9 Å². The van der Waals surface area contributed by atoms with Crippen molar-refractivity contribution < 1.29 is 19.7 Å². The van der Waals surface area contributed by atoms with Gasteiger partial charge in [0.05, 0.1) is 18.3 Å². The van der Waals surface area contributed by atoms with E-state index in [2.05, 4.69) is 68.0 Å². The van der Waals surface area contributed by atoms with E-state index in [1.807, 2.05) is 0 Å². The normalized spacial score (nSPS) is 35.6. The highest BCUT2D eigenvalue weighted by Crippen LogP contribution is 2.66. The molecule has 0 aliphatic heterocycles. The SMILES string of the molecule is C=C(CCC[C@H]1CC=C2C3=C([C@@H](O)CC21C)C1(C)CCC(OC(C)C)C(C)(C)C1CC3)C(C)C.CC(=O)O. The first-order chi connectivity index (χ1) is 17.6. The van der Waals surface area contributed by atoms with E-state index in [-0.39, 0.29) is 28.5 Å². The zero-order valence-electron chi connectivity index (χ0n) is 25.8. The number of carboxylic acid groups (broad SMARTS) is 1. The Morgan fingerprint density at radius 2 is 1.76 bits per heavy atom. The van der Waals surface area contributed by atoms with Crippen LogP contribution in [0.3, 0.4) is 0 Å². The van der Waals surface area contributed by atoms with Gasteiger partial charge in [-0.2, -0.15) is 0 Å². The van der Waals surface area contributed by atoms with Crippen LogP contribution in [-0.4, -0.2) is 34.5 Å². The summed E-state index contributed by atoms with van der Waals surface area (Å²) in [5.41, 5.74) is 6.30. The number of carboxylic acids is 1. The molecule has 0 heterocycles. The summed E-state index contributed by atoms with van der Waals surface area (Å²) in [4.78, 5) is 9.00. The Bertz CT molecular complexity index is 950. The van der Waals surface area contributed by atoms with E-state index in [1.165, 1.54) is 36.8 Å². The largest absolute Gasteiger partial charge is 0.481 e. The maximum absolute atomic E-state index is 11.8. The monoisotopic (exact) mass is 528 g/mol. The first-order valence-electron chi connectivity index (χ1n) is 15.2. The first kappa shape index (κ1) is 31.1. The van der Waals surface area contributed by atoms with Gasteiger partial charge in [-0.25, -0.2) is 0 Å². The molecular formula is C34H56O4. The zero-order chi connectivity index (χ0) is 28.6. The molecule has 0 aromatic carbocycles. The van der Waals surface area contributed by atoms with Crippen molar-refractivity contribution in [3.8, 4) is 0 Å². The van der Waals surface area contributed by atoms with Crippen molar-refractivity contribution in [2.45, 2.75) is 138 Å². The number of aliphatic hydroxyl groups excluding tert-OH is 1. The third kappa shape index (κ3) is 5.87. The van der Waals surface area contributed by atoms with E-state index in [0.717, 1.165) is 39.0 Å². The number of aliphatic carboxylic acids is 1. The van der Waals surface area contributed by atoms with Crippen LogP contribution in [0.4, 0.5) is 0 Å². The number of ether oxygens (including phenoxy) is 1. The number of aliphatic hydroxyl groups is 1. The summed E-state index contributed by atoms with van der Waals surface area (Å²) in [6, 6.07) is 0. The van der Waals surface area contributed by atoms with Crippen LogP contribution >= 0.6 is 0 Å². The standard InChI is InChI=1S/C32H52O2.C2H4O2/c1-20(2)22(5)11-10-12-23-13-15-25-24-14-16-27-30(6,7)28(34-21(3)4)17-18-31(27,8)29(24)26(33)19-32(23,25)9;1-2(3)4/h15,20-21,23,26-28,33H,5,10-14,16-19H2,1-4,6-9H3;1H3,(H,3,4)/t23-,26-,27?,28?,31?,32?;/m0./s1. The fourth-order valence-electron chi connectivity index (χ4n) is 8.76. The lowest BCUT2D eigenvalue weighted by Crippen LogP contribution is -2.56. The molecule has 0 bridgehead atoms. The summed E-state index contributed by atoms with van der Waals surface area (Å²) in [5.74, 6) is 0.969. The van der Waals surface area contributed by atoms with Crippen molar-refractivity contribution >= 4 is 5.97 Å². The smallest absolute Gasteiger partial charge is 0.300 e. The maximum Gasteiger partial charge on any atom is 0.300 e. The van der Waals surface area contributed by atoms with Gasteiger partial charge in [0.1, 0.15) is 0 Å². The minimum atomic E-state index is -0.833. The van der Waals surface area contributed by atoms with Crippen molar-refractivity contribution in [3.63, 3.8) is 0 Å². The Labute approximate surface area is 233 Å². The minimum absolute atomic E-state index is 0.0859. The summed E-state index contributed by atoms with van der Waals surface area (Å²) in [6.45, 7) is 24.0. The lowest BCUT2D eigenvalue weighted by Gasteiger charge is -2.60. The first-order valence-corrected chi connectivity index (χ1v) is 15.2. The molecule has 38 heavy (non-hydrogen) atoms. The van der Waals surface area contributed by atoms with Crippen molar-refractivity contribution in [2.75, 3.05) is 0 Å². The van der Waals surface area contributed by atoms with E-state index in [4.69, 9.17) is 14.6 Å². The number of hydrogen-bond donors (Lipinski definition) is 2. The van der Waals surface area contributed by atoms with Gasteiger partial charge in [-0.3, -0.25) is 4.79 Å². The average molecular weight is 529 g/mol. The molecule has 0 aromatic rings. The number of allylic oxidation sites excluding steroid dienone is 4. The lowest BCUT2D eigenvalue weighted by atomic mass is 9.46. The highest BCUT2D eigenvalue weighted by atomic mass is 16.5. The van der Waals surface area contributed by atoms with Crippen LogP contribution < -0.4 is 0 Å². The molecule has 0 spiro atoms. The molecule has 4 heteroatoms. The van der Waals surface area contributed by atoms with Gasteiger partial charge >= 0.3 is 0 Å². The molecule has 4 rings (SSSR count).